The summed E-state index contributed by atoms with van der Waals surface area (Å²) in [5, 5.41) is 32.9. The summed E-state index contributed by atoms with van der Waals surface area (Å²) < 4.78 is 0. The molecule has 0 aliphatic heterocycles. The maximum absolute atomic E-state index is 9.73. The van der Waals surface area contributed by atoms with Crippen LogP contribution >= 0.6 is 0 Å². The van der Waals surface area contributed by atoms with Crippen molar-refractivity contribution in [1.29, 1.82) is 0 Å². The zero-order valence-corrected chi connectivity index (χ0v) is 7.34. The number of hydrogen-bond donors (Lipinski definition) is 5. The molecule has 0 unspecified atom stereocenters. The number of hydrogen-bond acceptors (Lipinski definition) is 5. The van der Waals surface area contributed by atoms with Crippen LogP contribution < -0.4 is 5.32 Å². The molecule has 0 rings (SSSR count). The number of carboxylic acids is 4. The van der Waals surface area contributed by atoms with Gasteiger partial charge in [0.25, 0.3) is 0 Å². The standard InChI is InChI=1S/C4H7NO4.C2H2O4/c6-3(7)1-5-2-4(8)9;3-1(4)2(5)6/h5H,1-2H2,(H,6,7)(H,8,9);(H,3,4)(H,5,6). The second-order valence-corrected chi connectivity index (χ2v) is 2.00. The number of carbonyl (C=O) groups is 4. The Morgan fingerprint density at radius 2 is 1.00 bits per heavy atom. The van der Waals surface area contributed by atoms with Crippen LogP contribution in [0, 0.1) is 0 Å². The fourth-order valence-electron chi connectivity index (χ4n) is 0.276. The third-order valence-electron chi connectivity index (χ3n) is 0.735. The number of aliphatic carboxylic acids is 4. The molecule has 5 N–H and O–H groups in total. The van der Waals surface area contributed by atoms with E-state index in [9.17, 15) is 9.59 Å². The average Bonchev–Trinajstić information content (AvgIpc) is 2.03. The minimum atomic E-state index is -1.82. The second-order valence-electron chi connectivity index (χ2n) is 2.00. The van der Waals surface area contributed by atoms with Crippen molar-refractivity contribution in [3.8, 4) is 0 Å². The Hall–Kier alpha value is -2.16. The van der Waals surface area contributed by atoms with E-state index in [0.717, 1.165) is 0 Å². The van der Waals surface area contributed by atoms with Gasteiger partial charge in [-0.3, -0.25) is 14.9 Å². The zero-order valence-electron chi connectivity index (χ0n) is 7.34. The summed E-state index contributed by atoms with van der Waals surface area (Å²) in [7, 11) is 0. The first-order chi connectivity index (χ1) is 6.77. The van der Waals surface area contributed by atoms with Crippen molar-refractivity contribution in [2.45, 2.75) is 0 Å². The molecule has 0 bridgehead atoms. The molecule has 0 aliphatic rings. The lowest BCUT2D eigenvalue weighted by Crippen LogP contribution is -2.27. The summed E-state index contributed by atoms with van der Waals surface area (Å²) in [4.78, 5) is 37.6. The summed E-state index contributed by atoms with van der Waals surface area (Å²) in [6, 6.07) is 0. The fourth-order valence-corrected chi connectivity index (χ4v) is 0.276. The Morgan fingerprint density at radius 3 is 1.13 bits per heavy atom. The summed E-state index contributed by atoms with van der Waals surface area (Å²) in [6.45, 7) is -0.626. The van der Waals surface area contributed by atoms with Gasteiger partial charge in [-0.05, 0) is 0 Å². The number of carboxylic acid groups (broad SMARTS) is 4. The van der Waals surface area contributed by atoms with Gasteiger partial charge >= 0.3 is 23.9 Å². The van der Waals surface area contributed by atoms with Crippen LogP contribution in [-0.4, -0.2) is 57.4 Å². The van der Waals surface area contributed by atoms with E-state index >= 15 is 0 Å². The number of nitrogens with one attached hydrogen (secondary N) is 1. The lowest BCUT2D eigenvalue weighted by Gasteiger charge is -1.93. The molecule has 9 heteroatoms. The van der Waals surface area contributed by atoms with Crippen LogP contribution in [0.4, 0.5) is 0 Å². The van der Waals surface area contributed by atoms with Crippen molar-refractivity contribution in [2.24, 2.45) is 0 Å². The van der Waals surface area contributed by atoms with Gasteiger partial charge < -0.3 is 20.4 Å². The van der Waals surface area contributed by atoms with Gasteiger partial charge in [0.1, 0.15) is 0 Å². The number of rotatable bonds is 4. The van der Waals surface area contributed by atoms with Crippen LogP contribution in [-0.2, 0) is 19.2 Å². The van der Waals surface area contributed by atoms with Gasteiger partial charge in [-0.1, -0.05) is 0 Å². The molecule has 0 saturated heterocycles. The van der Waals surface area contributed by atoms with Gasteiger partial charge in [0.15, 0.2) is 0 Å². The van der Waals surface area contributed by atoms with Crippen molar-refractivity contribution in [3.05, 3.63) is 0 Å². The Morgan fingerprint density at radius 1 is 0.733 bits per heavy atom. The van der Waals surface area contributed by atoms with Crippen molar-refractivity contribution >= 4 is 23.9 Å². The van der Waals surface area contributed by atoms with Gasteiger partial charge in [-0.25, -0.2) is 9.59 Å². The largest absolute Gasteiger partial charge is 0.480 e. The van der Waals surface area contributed by atoms with Gasteiger partial charge in [-0.15, -0.1) is 0 Å². The third-order valence-corrected chi connectivity index (χ3v) is 0.735. The second kappa shape index (κ2) is 8.44. The first-order valence-electron chi connectivity index (χ1n) is 3.38. The van der Waals surface area contributed by atoms with Gasteiger partial charge in [0.2, 0.25) is 0 Å². The molecule has 0 aromatic carbocycles. The van der Waals surface area contributed by atoms with Crippen molar-refractivity contribution < 1.29 is 39.6 Å². The topological polar surface area (TPSA) is 161 Å². The fraction of sp³-hybridized carbons (Fsp3) is 0.333. The van der Waals surface area contributed by atoms with E-state index in [1.807, 2.05) is 0 Å². The maximum Gasteiger partial charge on any atom is 0.414 e. The Labute approximate surface area is 82.9 Å². The molecular weight excluding hydrogens is 214 g/mol. The highest BCUT2D eigenvalue weighted by Crippen LogP contribution is 1.61. The molecule has 0 atom stereocenters. The molecular formula is C6H9NO8. The van der Waals surface area contributed by atoms with Crippen molar-refractivity contribution in [2.75, 3.05) is 13.1 Å². The highest BCUT2D eigenvalue weighted by atomic mass is 16.4. The van der Waals surface area contributed by atoms with E-state index in [1.54, 1.807) is 0 Å². The Balaban J connectivity index is 0. The molecule has 0 saturated carbocycles. The van der Waals surface area contributed by atoms with Crippen LogP contribution in [0.1, 0.15) is 0 Å². The molecule has 0 aromatic rings. The first-order valence-corrected chi connectivity index (χ1v) is 3.38. The Kier molecular flexibility index (Phi) is 8.62. The van der Waals surface area contributed by atoms with Gasteiger partial charge in [0, 0.05) is 0 Å². The molecule has 0 aliphatic carbocycles. The van der Waals surface area contributed by atoms with Crippen molar-refractivity contribution in [3.63, 3.8) is 0 Å². The summed E-state index contributed by atoms with van der Waals surface area (Å²) in [5.41, 5.74) is 0. The first kappa shape index (κ1) is 15.3. The molecule has 0 amide bonds. The maximum atomic E-state index is 9.73. The minimum Gasteiger partial charge on any atom is -0.480 e. The monoisotopic (exact) mass is 223 g/mol. The highest BCUT2D eigenvalue weighted by Gasteiger charge is 2.04. The molecule has 0 radical (unpaired) electrons. The van der Waals surface area contributed by atoms with Crippen LogP contribution in [0.15, 0.2) is 0 Å². The smallest absolute Gasteiger partial charge is 0.414 e. The molecule has 15 heavy (non-hydrogen) atoms. The Bertz CT molecular complexity index is 234. The van der Waals surface area contributed by atoms with Gasteiger partial charge in [0.05, 0.1) is 13.1 Å². The SMILES string of the molecule is O=C(O)C(=O)O.O=C(O)CNCC(=O)O. The normalized spacial score (nSPS) is 8.27. The van der Waals surface area contributed by atoms with Crippen LogP contribution in [0.3, 0.4) is 0 Å². The quantitative estimate of drug-likeness (QED) is 0.336. The lowest BCUT2D eigenvalue weighted by atomic mass is 10.6. The van der Waals surface area contributed by atoms with E-state index in [1.165, 1.54) is 0 Å². The van der Waals surface area contributed by atoms with Crippen LogP contribution in [0.2, 0.25) is 0 Å². The van der Waals surface area contributed by atoms with E-state index < -0.39 is 23.9 Å². The summed E-state index contributed by atoms with van der Waals surface area (Å²) in [5.74, 6) is -5.77. The molecule has 86 valence electrons. The summed E-state index contributed by atoms with van der Waals surface area (Å²) in [6.07, 6.45) is 0. The summed E-state index contributed by atoms with van der Waals surface area (Å²) >= 11 is 0. The predicted molar refractivity (Wildman–Crippen MR) is 43.4 cm³/mol. The van der Waals surface area contributed by atoms with E-state index in [4.69, 9.17) is 30.0 Å². The third kappa shape index (κ3) is 18.7. The minimum absolute atomic E-state index is 0.313. The van der Waals surface area contributed by atoms with E-state index in [0.29, 0.717) is 0 Å². The molecule has 0 fully saturated rings. The predicted octanol–water partition coefficient (Wildman–Crippen LogP) is -2.10. The van der Waals surface area contributed by atoms with Crippen LogP contribution in [0.5, 0.6) is 0 Å². The molecule has 9 nitrogen and oxygen atoms in total. The highest BCUT2D eigenvalue weighted by molar-refractivity contribution is 6.27. The molecule has 0 aromatic heterocycles. The van der Waals surface area contributed by atoms with E-state index in [2.05, 4.69) is 5.32 Å². The van der Waals surface area contributed by atoms with Crippen LogP contribution in [0.25, 0.3) is 0 Å². The van der Waals surface area contributed by atoms with Crippen molar-refractivity contribution in [1.82, 2.24) is 5.32 Å². The van der Waals surface area contributed by atoms with E-state index in [-0.39, 0.29) is 13.1 Å². The zero-order chi connectivity index (χ0) is 12.4. The van der Waals surface area contributed by atoms with Gasteiger partial charge in [-0.2, -0.15) is 0 Å². The molecule has 0 heterocycles. The average molecular weight is 223 g/mol. The molecule has 0 spiro atoms. The lowest BCUT2D eigenvalue weighted by molar-refractivity contribution is -0.159.